The van der Waals surface area contributed by atoms with Crippen molar-refractivity contribution in [3.8, 4) is 0 Å². The van der Waals surface area contributed by atoms with Crippen LogP contribution in [-0.2, 0) is 11.2 Å². The molecule has 0 saturated heterocycles. The number of benzene rings is 1. The lowest BCUT2D eigenvalue weighted by molar-refractivity contribution is -0.136. The summed E-state index contributed by atoms with van der Waals surface area (Å²) in [5.41, 5.74) is 1.11. The first-order valence-electron chi connectivity index (χ1n) is 5.41. The van der Waals surface area contributed by atoms with Crippen molar-refractivity contribution in [2.45, 2.75) is 19.3 Å². The fourth-order valence-electron chi connectivity index (χ4n) is 1.41. The average molecular weight is 238 g/mol. The topological polar surface area (TPSA) is 57.5 Å². The maximum absolute atomic E-state index is 13.5. The van der Waals surface area contributed by atoms with E-state index in [2.05, 4.69) is 0 Å². The van der Waals surface area contributed by atoms with E-state index >= 15 is 0 Å². The Morgan fingerprint density at radius 1 is 1.41 bits per heavy atom. The van der Waals surface area contributed by atoms with E-state index in [4.69, 9.17) is 10.2 Å². The zero-order valence-corrected chi connectivity index (χ0v) is 9.40. The monoisotopic (exact) mass is 238 g/mol. The molecule has 17 heavy (non-hydrogen) atoms. The van der Waals surface area contributed by atoms with Gasteiger partial charge in [-0.25, -0.2) is 4.39 Å². The molecular formula is C13H15FO3. The van der Waals surface area contributed by atoms with Gasteiger partial charge < -0.3 is 10.2 Å². The molecule has 0 spiro atoms. The number of aliphatic hydroxyl groups excluding tert-OH is 1. The summed E-state index contributed by atoms with van der Waals surface area (Å²) in [6.07, 6.45) is 4.13. The molecule has 0 aliphatic carbocycles. The third-order valence-corrected chi connectivity index (χ3v) is 2.29. The van der Waals surface area contributed by atoms with Crippen LogP contribution >= 0.6 is 0 Å². The summed E-state index contributed by atoms with van der Waals surface area (Å²) in [5, 5.41) is 17.1. The van der Waals surface area contributed by atoms with E-state index in [1.165, 1.54) is 6.07 Å². The van der Waals surface area contributed by atoms with Crippen LogP contribution in [0.25, 0.3) is 6.08 Å². The van der Waals surface area contributed by atoms with Crippen LogP contribution in [0, 0.1) is 5.82 Å². The lowest BCUT2D eigenvalue weighted by Gasteiger charge is -2.02. The summed E-state index contributed by atoms with van der Waals surface area (Å²) in [5.74, 6) is -1.33. The van der Waals surface area contributed by atoms with Gasteiger partial charge in [0.15, 0.2) is 0 Å². The minimum Gasteiger partial charge on any atom is -0.481 e. The smallest absolute Gasteiger partial charge is 0.303 e. The van der Waals surface area contributed by atoms with Crippen molar-refractivity contribution >= 4 is 12.0 Å². The molecule has 2 N–H and O–H groups in total. The summed E-state index contributed by atoms with van der Waals surface area (Å²) in [4.78, 5) is 10.4. The highest BCUT2D eigenvalue weighted by atomic mass is 19.1. The molecule has 0 atom stereocenters. The van der Waals surface area contributed by atoms with E-state index in [1.54, 1.807) is 24.3 Å². The number of rotatable bonds is 6. The Labute approximate surface area is 99.2 Å². The van der Waals surface area contributed by atoms with Crippen molar-refractivity contribution < 1.29 is 19.4 Å². The van der Waals surface area contributed by atoms with Gasteiger partial charge in [0.25, 0.3) is 0 Å². The highest BCUT2D eigenvalue weighted by Crippen LogP contribution is 2.13. The maximum Gasteiger partial charge on any atom is 0.303 e. The minimum atomic E-state index is -0.934. The first-order valence-corrected chi connectivity index (χ1v) is 5.41. The average Bonchev–Trinajstić information content (AvgIpc) is 2.28. The highest BCUT2D eigenvalue weighted by Gasteiger charge is 2.05. The molecule has 0 bridgehead atoms. The largest absolute Gasteiger partial charge is 0.481 e. The number of carbonyl (C=O) groups is 1. The number of aryl methyl sites for hydroxylation is 1. The molecule has 0 aromatic heterocycles. The molecule has 0 aliphatic heterocycles. The number of carboxylic acid groups (broad SMARTS) is 1. The van der Waals surface area contributed by atoms with Crippen LogP contribution in [0.4, 0.5) is 4.39 Å². The van der Waals surface area contributed by atoms with Crippen LogP contribution in [0.1, 0.15) is 24.0 Å². The Morgan fingerprint density at radius 2 is 2.18 bits per heavy atom. The highest BCUT2D eigenvalue weighted by molar-refractivity contribution is 5.67. The van der Waals surface area contributed by atoms with Crippen molar-refractivity contribution in [2.24, 2.45) is 0 Å². The standard InChI is InChI=1S/C13H15FO3/c14-12-9-10(3-1-2-8-15)4-5-11(12)6-7-13(16)17/h1,3-5,9,15H,2,6-8H2,(H,16,17). The Morgan fingerprint density at radius 3 is 2.76 bits per heavy atom. The predicted octanol–water partition coefficient (Wildman–Crippen LogP) is 2.24. The molecule has 0 saturated carbocycles. The van der Waals surface area contributed by atoms with E-state index in [9.17, 15) is 9.18 Å². The summed E-state index contributed by atoms with van der Waals surface area (Å²) >= 11 is 0. The van der Waals surface area contributed by atoms with Gasteiger partial charge >= 0.3 is 5.97 Å². The second-order valence-electron chi connectivity index (χ2n) is 3.66. The lowest BCUT2D eigenvalue weighted by atomic mass is 10.1. The second kappa shape index (κ2) is 6.81. The van der Waals surface area contributed by atoms with Crippen molar-refractivity contribution in [1.29, 1.82) is 0 Å². The SMILES string of the molecule is O=C(O)CCc1ccc(C=CCCO)cc1F. The van der Waals surface area contributed by atoms with Crippen LogP contribution in [0.3, 0.4) is 0 Å². The van der Waals surface area contributed by atoms with Gasteiger partial charge in [0, 0.05) is 13.0 Å². The second-order valence-corrected chi connectivity index (χ2v) is 3.66. The zero-order valence-electron chi connectivity index (χ0n) is 9.40. The molecule has 3 nitrogen and oxygen atoms in total. The number of carboxylic acids is 1. The number of halogens is 1. The molecule has 4 heteroatoms. The molecule has 1 aromatic rings. The Kier molecular flexibility index (Phi) is 5.36. The van der Waals surface area contributed by atoms with Gasteiger partial charge in [0.1, 0.15) is 5.82 Å². The van der Waals surface area contributed by atoms with E-state index in [0.717, 1.165) is 0 Å². The van der Waals surface area contributed by atoms with Gasteiger partial charge in [-0.3, -0.25) is 4.79 Å². The summed E-state index contributed by atoms with van der Waals surface area (Å²) in [6.45, 7) is 0.0652. The molecular weight excluding hydrogens is 223 g/mol. The van der Waals surface area contributed by atoms with E-state index < -0.39 is 11.8 Å². The normalized spacial score (nSPS) is 10.9. The van der Waals surface area contributed by atoms with Crippen LogP contribution in [0.15, 0.2) is 24.3 Å². The van der Waals surface area contributed by atoms with Gasteiger partial charge in [-0.05, 0) is 30.0 Å². The molecule has 1 aromatic carbocycles. The first kappa shape index (κ1) is 13.4. The van der Waals surface area contributed by atoms with Gasteiger partial charge in [0.05, 0.1) is 0 Å². The van der Waals surface area contributed by atoms with Crippen LogP contribution in [-0.4, -0.2) is 22.8 Å². The maximum atomic E-state index is 13.5. The molecule has 0 heterocycles. The number of aliphatic hydroxyl groups is 1. The van der Waals surface area contributed by atoms with Gasteiger partial charge in [-0.15, -0.1) is 0 Å². The van der Waals surface area contributed by atoms with E-state index in [1.807, 2.05) is 0 Å². The minimum absolute atomic E-state index is 0.0652. The van der Waals surface area contributed by atoms with Gasteiger partial charge in [-0.1, -0.05) is 24.3 Å². The molecule has 0 aliphatic rings. The van der Waals surface area contributed by atoms with Crippen molar-refractivity contribution in [3.63, 3.8) is 0 Å². The van der Waals surface area contributed by atoms with Crippen molar-refractivity contribution in [1.82, 2.24) is 0 Å². The molecule has 0 amide bonds. The molecule has 0 unspecified atom stereocenters. The molecule has 0 radical (unpaired) electrons. The molecule has 1 rings (SSSR count). The number of hydrogen-bond acceptors (Lipinski definition) is 2. The first-order chi connectivity index (χ1) is 8.13. The summed E-state index contributed by atoms with van der Waals surface area (Å²) in [6, 6.07) is 4.69. The third-order valence-electron chi connectivity index (χ3n) is 2.29. The summed E-state index contributed by atoms with van der Waals surface area (Å²) < 4.78 is 13.5. The number of aliphatic carboxylic acids is 1. The van der Waals surface area contributed by atoms with Gasteiger partial charge in [-0.2, -0.15) is 0 Å². The quantitative estimate of drug-likeness (QED) is 0.799. The van der Waals surface area contributed by atoms with E-state index in [-0.39, 0.29) is 19.4 Å². The fraction of sp³-hybridized carbons (Fsp3) is 0.308. The van der Waals surface area contributed by atoms with Crippen LogP contribution in [0.2, 0.25) is 0 Å². The van der Waals surface area contributed by atoms with Crippen molar-refractivity contribution in [2.75, 3.05) is 6.61 Å². The van der Waals surface area contributed by atoms with Crippen LogP contribution < -0.4 is 0 Å². The molecule has 0 fully saturated rings. The number of hydrogen-bond donors (Lipinski definition) is 2. The molecule has 92 valence electrons. The van der Waals surface area contributed by atoms with Crippen molar-refractivity contribution in [3.05, 3.63) is 41.2 Å². The Balaban J connectivity index is 2.68. The zero-order chi connectivity index (χ0) is 12.7. The lowest BCUT2D eigenvalue weighted by Crippen LogP contribution is -1.99. The summed E-state index contributed by atoms with van der Waals surface area (Å²) in [7, 11) is 0. The van der Waals surface area contributed by atoms with Gasteiger partial charge in [0.2, 0.25) is 0 Å². The Hall–Kier alpha value is -1.68. The third kappa shape index (κ3) is 4.78. The van der Waals surface area contributed by atoms with E-state index in [0.29, 0.717) is 17.5 Å². The Bertz CT molecular complexity index is 413. The fourth-order valence-corrected chi connectivity index (χ4v) is 1.41. The predicted molar refractivity (Wildman–Crippen MR) is 63.1 cm³/mol. The van der Waals surface area contributed by atoms with Crippen LogP contribution in [0.5, 0.6) is 0 Å².